The van der Waals surface area contributed by atoms with Crippen LogP contribution >= 0.6 is 23.4 Å². The summed E-state index contributed by atoms with van der Waals surface area (Å²) in [7, 11) is 1.63. The van der Waals surface area contributed by atoms with Crippen LogP contribution in [0.2, 0.25) is 5.02 Å². The molecular weight excluding hydrogens is 301 g/mol. The van der Waals surface area contributed by atoms with Crippen molar-refractivity contribution >= 4 is 29.3 Å². The molecule has 0 bridgehead atoms. The predicted octanol–water partition coefficient (Wildman–Crippen LogP) is 2.70. The standard InChI is InChI=1S/C14H17ClFNO2S/c1-17(9-10-2-3-11(16)8-12(10)15)13(18)14(19)4-6-20-7-5-14/h2-3,8,19H,4-7,9H2,1H3. The number of halogens is 2. The maximum Gasteiger partial charge on any atom is 0.254 e. The lowest BCUT2D eigenvalue weighted by Gasteiger charge is -2.34. The number of hydrogen-bond acceptors (Lipinski definition) is 3. The van der Waals surface area contributed by atoms with Crippen molar-refractivity contribution in [3.05, 3.63) is 34.6 Å². The normalized spacial score (nSPS) is 17.8. The molecule has 0 aromatic heterocycles. The van der Waals surface area contributed by atoms with Gasteiger partial charge in [-0.05, 0) is 42.0 Å². The molecule has 6 heteroatoms. The Hall–Kier alpha value is -0.780. The second-order valence-corrected chi connectivity index (χ2v) is 6.67. The van der Waals surface area contributed by atoms with E-state index in [1.54, 1.807) is 24.9 Å². The fraction of sp³-hybridized carbons (Fsp3) is 0.500. The first-order chi connectivity index (χ1) is 9.42. The molecule has 1 N–H and O–H groups in total. The first kappa shape index (κ1) is 15.6. The van der Waals surface area contributed by atoms with Crippen LogP contribution in [-0.4, -0.2) is 40.1 Å². The minimum atomic E-state index is -1.27. The zero-order valence-electron chi connectivity index (χ0n) is 11.2. The molecule has 0 aliphatic carbocycles. The molecule has 1 heterocycles. The highest BCUT2D eigenvalue weighted by Crippen LogP contribution is 2.29. The summed E-state index contributed by atoms with van der Waals surface area (Å²) in [6, 6.07) is 4.09. The maximum atomic E-state index is 13.0. The lowest BCUT2D eigenvalue weighted by Crippen LogP contribution is -2.49. The van der Waals surface area contributed by atoms with Gasteiger partial charge < -0.3 is 10.0 Å². The third kappa shape index (κ3) is 3.45. The number of thioether (sulfide) groups is 1. The van der Waals surface area contributed by atoms with E-state index in [1.807, 2.05) is 0 Å². The van der Waals surface area contributed by atoms with Gasteiger partial charge in [-0.3, -0.25) is 4.79 Å². The van der Waals surface area contributed by atoms with Crippen molar-refractivity contribution in [2.24, 2.45) is 0 Å². The monoisotopic (exact) mass is 317 g/mol. The van der Waals surface area contributed by atoms with E-state index in [4.69, 9.17) is 11.6 Å². The topological polar surface area (TPSA) is 40.5 Å². The number of likely N-dealkylation sites (N-methyl/N-ethyl adjacent to an activating group) is 1. The smallest absolute Gasteiger partial charge is 0.254 e. The summed E-state index contributed by atoms with van der Waals surface area (Å²) < 4.78 is 13.0. The molecule has 1 aliphatic rings. The SMILES string of the molecule is CN(Cc1ccc(F)cc1Cl)C(=O)C1(O)CCSCC1. The van der Waals surface area contributed by atoms with Gasteiger partial charge in [0.25, 0.3) is 5.91 Å². The van der Waals surface area contributed by atoms with Crippen LogP contribution in [0.1, 0.15) is 18.4 Å². The molecule has 0 atom stereocenters. The van der Waals surface area contributed by atoms with Gasteiger partial charge in [-0.25, -0.2) is 4.39 Å². The van der Waals surface area contributed by atoms with Gasteiger partial charge in [0, 0.05) is 18.6 Å². The molecule has 1 amide bonds. The molecule has 1 aliphatic heterocycles. The Labute approximate surface area is 127 Å². The molecule has 20 heavy (non-hydrogen) atoms. The Morgan fingerprint density at radius 3 is 2.75 bits per heavy atom. The predicted molar refractivity (Wildman–Crippen MR) is 79.4 cm³/mol. The zero-order valence-corrected chi connectivity index (χ0v) is 12.8. The number of amides is 1. The molecule has 1 saturated heterocycles. The van der Waals surface area contributed by atoms with Crippen LogP contribution in [0.15, 0.2) is 18.2 Å². The zero-order chi connectivity index (χ0) is 14.8. The Morgan fingerprint density at radius 1 is 1.50 bits per heavy atom. The number of hydrogen-bond donors (Lipinski definition) is 1. The average Bonchev–Trinajstić information content (AvgIpc) is 2.42. The number of benzene rings is 1. The van der Waals surface area contributed by atoms with Crippen molar-refractivity contribution in [2.45, 2.75) is 25.0 Å². The fourth-order valence-corrected chi connectivity index (χ4v) is 3.65. The summed E-state index contributed by atoms with van der Waals surface area (Å²) in [4.78, 5) is 13.8. The number of carbonyl (C=O) groups is 1. The Morgan fingerprint density at radius 2 is 2.15 bits per heavy atom. The van der Waals surface area contributed by atoms with E-state index < -0.39 is 11.4 Å². The van der Waals surface area contributed by atoms with Crippen molar-refractivity contribution in [1.29, 1.82) is 0 Å². The highest BCUT2D eigenvalue weighted by molar-refractivity contribution is 7.99. The van der Waals surface area contributed by atoms with E-state index in [-0.39, 0.29) is 17.5 Å². The first-order valence-electron chi connectivity index (χ1n) is 6.42. The summed E-state index contributed by atoms with van der Waals surface area (Å²) in [5, 5.41) is 10.7. The van der Waals surface area contributed by atoms with Gasteiger partial charge in [-0.15, -0.1) is 0 Å². The van der Waals surface area contributed by atoms with Crippen LogP contribution in [0.25, 0.3) is 0 Å². The first-order valence-corrected chi connectivity index (χ1v) is 7.95. The van der Waals surface area contributed by atoms with E-state index in [9.17, 15) is 14.3 Å². The highest BCUT2D eigenvalue weighted by Gasteiger charge is 2.39. The third-order valence-electron chi connectivity index (χ3n) is 3.49. The molecule has 3 nitrogen and oxygen atoms in total. The lowest BCUT2D eigenvalue weighted by atomic mass is 9.95. The van der Waals surface area contributed by atoms with Crippen molar-refractivity contribution in [2.75, 3.05) is 18.6 Å². The van der Waals surface area contributed by atoms with Crippen molar-refractivity contribution in [3.8, 4) is 0 Å². The number of aliphatic hydroxyl groups is 1. The third-order valence-corrected chi connectivity index (χ3v) is 4.82. The van der Waals surface area contributed by atoms with Gasteiger partial charge in [0.2, 0.25) is 0 Å². The number of carbonyl (C=O) groups excluding carboxylic acids is 1. The molecule has 0 spiro atoms. The molecule has 0 saturated carbocycles. The largest absolute Gasteiger partial charge is 0.380 e. The molecule has 110 valence electrons. The van der Waals surface area contributed by atoms with E-state index in [0.717, 1.165) is 11.5 Å². The quantitative estimate of drug-likeness (QED) is 0.932. The van der Waals surface area contributed by atoms with E-state index in [1.165, 1.54) is 17.0 Å². The number of rotatable bonds is 3. The summed E-state index contributed by atoms with van der Waals surface area (Å²) >= 11 is 7.70. The molecule has 1 fully saturated rings. The van der Waals surface area contributed by atoms with Crippen molar-refractivity contribution in [1.82, 2.24) is 4.90 Å². The molecule has 0 unspecified atom stereocenters. The second-order valence-electron chi connectivity index (χ2n) is 5.04. The van der Waals surface area contributed by atoms with Crippen LogP contribution in [0.3, 0.4) is 0 Å². The van der Waals surface area contributed by atoms with Gasteiger partial charge in [0.15, 0.2) is 0 Å². The van der Waals surface area contributed by atoms with Crippen molar-refractivity contribution in [3.63, 3.8) is 0 Å². The second kappa shape index (κ2) is 6.33. The lowest BCUT2D eigenvalue weighted by molar-refractivity contribution is -0.151. The molecule has 1 aromatic rings. The number of nitrogens with zero attached hydrogens (tertiary/aromatic N) is 1. The summed E-state index contributed by atoms with van der Waals surface area (Å²) in [5.74, 6) is 0.870. The Balaban J connectivity index is 2.07. The van der Waals surface area contributed by atoms with E-state index in [0.29, 0.717) is 18.4 Å². The van der Waals surface area contributed by atoms with E-state index in [2.05, 4.69) is 0 Å². The summed E-state index contributed by atoms with van der Waals surface area (Å²) in [6.07, 6.45) is 0.940. The molecular formula is C14H17ClFNO2S. The molecule has 1 aromatic carbocycles. The highest BCUT2D eigenvalue weighted by atomic mass is 35.5. The summed E-state index contributed by atoms with van der Waals surface area (Å²) in [6.45, 7) is 0.257. The van der Waals surface area contributed by atoms with Crippen molar-refractivity contribution < 1.29 is 14.3 Å². The van der Waals surface area contributed by atoms with Gasteiger partial charge >= 0.3 is 0 Å². The summed E-state index contributed by atoms with van der Waals surface area (Å²) in [5.41, 5.74) is -0.607. The fourth-order valence-electron chi connectivity index (χ4n) is 2.26. The van der Waals surface area contributed by atoms with Crippen LogP contribution < -0.4 is 0 Å². The van der Waals surface area contributed by atoms with E-state index >= 15 is 0 Å². The Kier molecular flexibility index (Phi) is 4.94. The minimum absolute atomic E-state index is 0.257. The van der Waals surface area contributed by atoms with Crippen LogP contribution in [-0.2, 0) is 11.3 Å². The van der Waals surface area contributed by atoms with Crippen LogP contribution in [0.4, 0.5) is 4.39 Å². The molecule has 0 radical (unpaired) electrons. The van der Waals surface area contributed by atoms with Gasteiger partial charge in [0.05, 0.1) is 0 Å². The Bertz CT molecular complexity index is 506. The maximum absolute atomic E-state index is 13.0. The van der Waals surface area contributed by atoms with Gasteiger partial charge in [-0.2, -0.15) is 11.8 Å². The average molecular weight is 318 g/mol. The van der Waals surface area contributed by atoms with Gasteiger partial charge in [-0.1, -0.05) is 17.7 Å². The molecule has 2 rings (SSSR count). The van der Waals surface area contributed by atoms with Crippen LogP contribution in [0, 0.1) is 5.82 Å². The van der Waals surface area contributed by atoms with Crippen LogP contribution in [0.5, 0.6) is 0 Å². The minimum Gasteiger partial charge on any atom is -0.380 e. The van der Waals surface area contributed by atoms with Gasteiger partial charge in [0.1, 0.15) is 11.4 Å².